The van der Waals surface area contributed by atoms with E-state index in [-0.39, 0.29) is 50.0 Å². The van der Waals surface area contributed by atoms with Crippen LogP contribution in [-0.2, 0) is 28.7 Å². The van der Waals surface area contributed by atoms with E-state index in [0.717, 1.165) is 51.4 Å². The third-order valence-electron chi connectivity index (χ3n) is 12.7. The summed E-state index contributed by atoms with van der Waals surface area (Å²) in [7, 11) is 0. The van der Waals surface area contributed by atoms with Crippen LogP contribution in [0.25, 0.3) is 0 Å². The Morgan fingerprint density at radius 2 is 0.714 bits per heavy atom. The first-order valence-corrected chi connectivity index (χ1v) is 27.9. The molecule has 372 valence electrons. The number of thiol groups is 1. The number of amides is 1. The second-order valence-corrected chi connectivity index (χ2v) is 19.2. The van der Waals surface area contributed by atoms with Gasteiger partial charge in [-0.15, -0.1) is 0 Å². The van der Waals surface area contributed by atoms with E-state index in [2.05, 4.69) is 33.4 Å². The molecule has 9 heteroatoms. The van der Waals surface area contributed by atoms with E-state index < -0.39 is 24.1 Å². The van der Waals surface area contributed by atoms with Crippen LogP contribution in [0.4, 0.5) is 0 Å². The first kappa shape index (κ1) is 61.2. The zero-order valence-corrected chi connectivity index (χ0v) is 42.7. The molecule has 0 saturated carbocycles. The predicted molar refractivity (Wildman–Crippen MR) is 269 cm³/mol. The average Bonchev–Trinajstić information content (AvgIpc) is 3.27. The lowest BCUT2D eigenvalue weighted by Crippen LogP contribution is -2.51. The van der Waals surface area contributed by atoms with Gasteiger partial charge >= 0.3 is 17.9 Å². The molecule has 0 heterocycles. The van der Waals surface area contributed by atoms with Crippen molar-refractivity contribution in [3.8, 4) is 0 Å². The number of carboxylic acid groups (broad SMARTS) is 1. The highest BCUT2D eigenvalue weighted by molar-refractivity contribution is 7.80. The molecule has 0 aliphatic carbocycles. The lowest BCUT2D eigenvalue weighted by molar-refractivity contribution is -0.163. The maximum absolute atomic E-state index is 13.6. The highest BCUT2D eigenvalue weighted by atomic mass is 32.1. The van der Waals surface area contributed by atoms with Crippen molar-refractivity contribution in [2.45, 2.75) is 303 Å². The van der Waals surface area contributed by atoms with Crippen molar-refractivity contribution in [1.82, 2.24) is 4.90 Å². The maximum atomic E-state index is 13.6. The molecular weight excluding hydrogens is 807 g/mol. The summed E-state index contributed by atoms with van der Waals surface area (Å²) in [4.78, 5) is 53.3. The summed E-state index contributed by atoms with van der Waals surface area (Å²) in [5.74, 6) is -2.28. The lowest BCUT2D eigenvalue weighted by Gasteiger charge is -2.31. The summed E-state index contributed by atoms with van der Waals surface area (Å²) in [5.41, 5.74) is 0. The number of rotatable bonds is 50. The molecular formula is C54H103NO7S. The van der Waals surface area contributed by atoms with Crippen LogP contribution in [0.15, 0.2) is 0 Å². The van der Waals surface area contributed by atoms with Crippen LogP contribution in [0.3, 0.4) is 0 Å². The molecule has 0 spiro atoms. The van der Waals surface area contributed by atoms with Crippen molar-refractivity contribution < 1.29 is 33.8 Å². The number of esters is 2. The van der Waals surface area contributed by atoms with E-state index in [4.69, 9.17) is 9.47 Å². The van der Waals surface area contributed by atoms with Gasteiger partial charge in [0.15, 0.2) is 6.10 Å². The minimum absolute atomic E-state index is 0.0713. The molecule has 0 fully saturated rings. The molecule has 1 amide bonds. The van der Waals surface area contributed by atoms with Gasteiger partial charge in [0.2, 0.25) is 5.91 Å². The van der Waals surface area contributed by atoms with Gasteiger partial charge in [-0.2, -0.15) is 12.6 Å². The van der Waals surface area contributed by atoms with Crippen LogP contribution in [0.1, 0.15) is 290 Å². The van der Waals surface area contributed by atoms with E-state index in [9.17, 15) is 24.3 Å². The number of ether oxygens (including phenoxy) is 2. The summed E-state index contributed by atoms with van der Waals surface area (Å²) < 4.78 is 11.5. The smallest absolute Gasteiger partial charge is 0.327 e. The average molecular weight is 910 g/mol. The Kier molecular flexibility index (Phi) is 46.8. The summed E-state index contributed by atoms with van der Waals surface area (Å²) in [6.45, 7) is 6.40. The van der Waals surface area contributed by atoms with Gasteiger partial charge in [0, 0.05) is 25.0 Å². The van der Waals surface area contributed by atoms with Crippen molar-refractivity contribution >= 4 is 36.4 Å². The quantitative estimate of drug-likeness (QED) is 0.0355. The number of unbranched alkanes of at least 4 members (excludes halogenated alkanes) is 36. The first-order valence-electron chi connectivity index (χ1n) is 27.3. The van der Waals surface area contributed by atoms with Crippen molar-refractivity contribution in [1.29, 1.82) is 0 Å². The van der Waals surface area contributed by atoms with Gasteiger partial charge < -0.3 is 19.5 Å². The fourth-order valence-corrected chi connectivity index (χ4v) is 8.92. The molecule has 63 heavy (non-hydrogen) atoms. The van der Waals surface area contributed by atoms with E-state index >= 15 is 0 Å². The first-order chi connectivity index (χ1) is 30.8. The molecule has 0 aromatic heterocycles. The van der Waals surface area contributed by atoms with Gasteiger partial charge in [-0.3, -0.25) is 14.4 Å². The van der Waals surface area contributed by atoms with E-state index in [0.29, 0.717) is 12.8 Å². The summed E-state index contributed by atoms with van der Waals surface area (Å²) in [5, 5.41) is 10.1. The maximum Gasteiger partial charge on any atom is 0.327 e. The largest absolute Gasteiger partial charge is 0.480 e. The summed E-state index contributed by atoms with van der Waals surface area (Å²) in [6.07, 6.45) is 46.9. The van der Waals surface area contributed by atoms with Gasteiger partial charge in [-0.1, -0.05) is 252 Å². The topological polar surface area (TPSA) is 110 Å². The molecule has 0 aromatic carbocycles. The Morgan fingerprint density at radius 1 is 0.429 bits per heavy atom. The Morgan fingerprint density at radius 3 is 1.02 bits per heavy atom. The Hall–Kier alpha value is -1.77. The molecule has 1 unspecified atom stereocenters. The van der Waals surface area contributed by atoms with Gasteiger partial charge in [0.1, 0.15) is 12.6 Å². The SMILES string of the molecule is CCCCCCCCCCCCCCCC(=O)OCC(CN(C(=O)CCCCCCCCCCCCCCC)[C@@H](CS)C(=O)O)OC(=O)CCCCCCCCCCCCCCC. The van der Waals surface area contributed by atoms with Crippen molar-refractivity contribution in [2.24, 2.45) is 0 Å². The van der Waals surface area contributed by atoms with E-state index in [1.807, 2.05) is 0 Å². The summed E-state index contributed by atoms with van der Waals surface area (Å²) >= 11 is 4.30. The van der Waals surface area contributed by atoms with Crippen LogP contribution in [0, 0.1) is 0 Å². The van der Waals surface area contributed by atoms with Crippen LogP contribution in [-0.4, -0.2) is 64.9 Å². The third-order valence-corrected chi connectivity index (χ3v) is 13.1. The van der Waals surface area contributed by atoms with Gasteiger partial charge in [-0.05, 0) is 19.3 Å². The van der Waals surface area contributed by atoms with Crippen LogP contribution < -0.4 is 0 Å². The highest BCUT2D eigenvalue weighted by Crippen LogP contribution is 2.18. The van der Waals surface area contributed by atoms with Crippen LogP contribution in [0.2, 0.25) is 0 Å². The molecule has 0 aromatic rings. The Bertz CT molecular complexity index is 1040. The van der Waals surface area contributed by atoms with Crippen molar-refractivity contribution in [3.63, 3.8) is 0 Å². The van der Waals surface area contributed by atoms with Gasteiger partial charge in [0.05, 0.1) is 6.54 Å². The molecule has 0 bridgehead atoms. The number of carboxylic acids is 1. The molecule has 0 radical (unpaired) electrons. The molecule has 1 N–H and O–H groups in total. The zero-order valence-electron chi connectivity index (χ0n) is 41.8. The fraction of sp³-hybridized carbons (Fsp3) is 0.926. The predicted octanol–water partition coefficient (Wildman–Crippen LogP) is 16.1. The third kappa shape index (κ3) is 41.4. The van der Waals surface area contributed by atoms with Crippen LogP contribution >= 0.6 is 12.6 Å². The standard InChI is InChI=1S/C54H103NO7S/c1-4-7-10-13-16-19-22-25-28-31-34-37-40-43-51(56)55(50(48-63)54(59)60)46-49(62-53(58)45-42-39-36-33-30-27-24-21-18-15-12-9-6-3)47-61-52(57)44-41-38-35-32-29-26-23-20-17-14-11-8-5-2/h49-50,63H,4-48H2,1-3H3,(H,59,60)/t49?,50-/m0/s1. The summed E-state index contributed by atoms with van der Waals surface area (Å²) in [6, 6.07) is -1.17. The molecule has 0 saturated heterocycles. The minimum Gasteiger partial charge on any atom is -0.480 e. The number of nitrogens with zero attached hydrogens (tertiary/aromatic N) is 1. The Labute approximate surface area is 395 Å². The van der Waals surface area contributed by atoms with E-state index in [1.165, 1.54) is 191 Å². The fourth-order valence-electron chi connectivity index (χ4n) is 8.57. The van der Waals surface area contributed by atoms with Crippen LogP contribution in [0.5, 0.6) is 0 Å². The van der Waals surface area contributed by atoms with Gasteiger partial charge in [-0.25, -0.2) is 4.79 Å². The second-order valence-electron chi connectivity index (χ2n) is 18.9. The molecule has 0 aliphatic heterocycles. The number of carbonyl (C=O) groups is 4. The molecule has 0 aliphatic rings. The number of aliphatic carboxylic acids is 1. The highest BCUT2D eigenvalue weighted by Gasteiger charge is 2.32. The zero-order chi connectivity index (χ0) is 46.3. The Balaban J connectivity index is 4.99. The molecule has 8 nitrogen and oxygen atoms in total. The molecule has 2 atom stereocenters. The van der Waals surface area contributed by atoms with Crippen molar-refractivity contribution in [2.75, 3.05) is 18.9 Å². The number of hydrogen-bond donors (Lipinski definition) is 2. The number of hydrogen-bond acceptors (Lipinski definition) is 7. The second kappa shape index (κ2) is 48.2. The molecule has 0 rings (SSSR count). The number of carbonyl (C=O) groups excluding carboxylic acids is 3. The normalized spacial score (nSPS) is 12.3. The van der Waals surface area contributed by atoms with Gasteiger partial charge in [0.25, 0.3) is 0 Å². The van der Waals surface area contributed by atoms with Crippen molar-refractivity contribution in [3.05, 3.63) is 0 Å². The minimum atomic E-state index is -1.17. The monoisotopic (exact) mass is 910 g/mol. The van der Waals surface area contributed by atoms with E-state index in [1.54, 1.807) is 0 Å². The lowest BCUT2D eigenvalue weighted by atomic mass is 10.0.